The largest absolute Gasteiger partial charge is 0.377 e. The Bertz CT molecular complexity index is 27.3. The van der Waals surface area contributed by atoms with E-state index in [1.807, 2.05) is 0 Å². The van der Waals surface area contributed by atoms with Crippen molar-refractivity contribution in [2.45, 2.75) is 26.2 Å². The fraction of sp³-hybridized carbons (Fsp3) is 1.00. The molecule has 0 saturated carbocycles. The molecule has 0 heterocycles. The van der Waals surface area contributed by atoms with Gasteiger partial charge in [-0.2, -0.15) is 0 Å². The average Bonchev–Trinajstić information content (AvgIpc) is 1.69. The summed E-state index contributed by atoms with van der Waals surface area (Å²) in [5, 5.41) is 0. The Hall–Kier alpha value is 0.390. The minimum Gasteiger partial charge on any atom is -0.377 e. The van der Waals surface area contributed by atoms with Crippen molar-refractivity contribution in [1.29, 1.82) is 0 Å². The zero-order valence-electron chi connectivity index (χ0n) is 4.78. The van der Waals surface area contributed by atoms with Gasteiger partial charge in [0.15, 0.2) is 0 Å². The van der Waals surface area contributed by atoms with Gasteiger partial charge in [0.2, 0.25) is 0 Å². The van der Waals surface area contributed by atoms with Crippen LogP contribution in [0.2, 0.25) is 0 Å². The molecule has 0 aromatic heterocycles. The van der Waals surface area contributed by atoms with Crippen LogP contribution in [0.5, 0.6) is 0 Å². The predicted molar refractivity (Wildman–Crippen MR) is 34.9 cm³/mol. The van der Waals surface area contributed by atoms with E-state index < -0.39 is 0 Å². The maximum atomic E-state index is 8.32. The Morgan fingerprint density at radius 3 is 2.57 bits per heavy atom. The summed E-state index contributed by atoms with van der Waals surface area (Å²) in [7, 11) is 0.168. The summed E-state index contributed by atoms with van der Waals surface area (Å²) in [6.07, 6.45) is 4.73. The molecule has 0 aliphatic carbocycles. The van der Waals surface area contributed by atoms with E-state index in [0.717, 1.165) is 6.16 Å². The molecule has 0 amide bonds. The van der Waals surface area contributed by atoms with Crippen molar-refractivity contribution in [1.82, 2.24) is 0 Å². The highest BCUT2D eigenvalue weighted by Crippen LogP contribution is 2.05. The van der Waals surface area contributed by atoms with E-state index in [0.29, 0.717) is 0 Å². The van der Waals surface area contributed by atoms with Crippen LogP contribution >= 0.6 is 8.81 Å². The Kier molecular flexibility index (Phi) is 6.75. The van der Waals surface area contributed by atoms with Crippen molar-refractivity contribution in [3.8, 4) is 0 Å². The topological polar surface area (TPSA) is 20.2 Å². The van der Waals surface area contributed by atoms with Crippen LogP contribution < -0.4 is 0 Å². The lowest BCUT2D eigenvalue weighted by Crippen LogP contribution is -1.73. The van der Waals surface area contributed by atoms with E-state index in [-0.39, 0.29) is 8.81 Å². The summed E-state index contributed by atoms with van der Waals surface area (Å²) < 4.78 is 0. The van der Waals surface area contributed by atoms with Gasteiger partial charge in [0.1, 0.15) is 0 Å². The average molecular weight is 120 g/mol. The second kappa shape index (κ2) is 6.39. The minimum absolute atomic E-state index is 0.168. The molecule has 0 rings (SSSR count). The first-order valence-corrected chi connectivity index (χ1v) is 3.94. The second-order valence-electron chi connectivity index (χ2n) is 1.62. The molecule has 0 fully saturated rings. The van der Waals surface area contributed by atoms with Crippen molar-refractivity contribution in [3.63, 3.8) is 0 Å². The van der Waals surface area contributed by atoms with Gasteiger partial charge in [0.25, 0.3) is 0 Å². The lowest BCUT2D eigenvalue weighted by atomic mass is 10.3. The molecule has 0 bridgehead atoms. The summed E-state index contributed by atoms with van der Waals surface area (Å²) in [6.45, 7) is 2.17. The smallest absolute Gasteiger partial charge is 0.0107 e. The van der Waals surface area contributed by atoms with Crippen molar-refractivity contribution >= 4 is 8.81 Å². The van der Waals surface area contributed by atoms with E-state index in [1.54, 1.807) is 0 Å². The highest BCUT2D eigenvalue weighted by atomic mass is 31.1. The summed E-state index contributed by atoms with van der Waals surface area (Å²) in [4.78, 5) is 8.32. The van der Waals surface area contributed by atoms with Gasteiger partial charge in [-0.1, -0.05) is 19.8 Å². The first-order valence-electron chi connectivity index (χ1n) is 2.78. The maximum Gasteiger partial charge on any atom is 0.0107 e. The fourth-order valence-electron chi connectivity index (χ4n) is 0.454. The summed E-state index contributed by atoms with van der Waals surface area (Å²) in [6, 6.07) is 0. The number of unbranched alkanes of at least 4 members (excludes halogenated alkanes) is 2. The maximum absolute atomic E-state index is 8.32. The lowest BCUT2D eigenvalue weighted by molar-refractivity contribution is 0.637. The van der Waals surface area contributed by atoms with Crippen LogP contribution in [0.25, 0.3) is 0 Å². The molecule has 44 valence electrons. The zero-order chi connectivity index (χ0) is 5.54. The molecule has 0 aliphatic heterocycles. The number of rotatable bonds is 4. The Balaban J connectivity index is 2.45. The summed E-state index contributed by atoms with van der Waals surface area (Å²) >= 11 is 0. The SMILES string of the molecule is CCCCCPO. The third-order valence-electron chi connectivity index (χ3n) is 0.892. The normalized spacial score (nSPS) is 11.1. The van der Waals surface area contributed by atoms with E-state index >= 15 is 0 Å². The first kappa shape index (κ1) is 7.39. The number of hydrogen-bond donors (Lipinski definition) is 1. The van der Waals surface area contributed by atoms with Gasteiger partial charge in [0.05, 0.1) is 0 Å². The lowest BCUT2D eigenvalue weighted by Gasteiger charge is -1.90. The monoisotopic (exact) mass is 120 g/mol. The second-order valence-corrected chi connectivity index (χ2v) is 2.43. The Labute approximate surface area is 47.0 Å². The standard InChI is InChI=1S/C5H13OP/c1-2-3-4-5-7-6/h6-7H,2-5H2,1H3. The molecule has 2 heteroatoms. The van der Waals surface area contributed by atoms with Gasteiger partial charge < -0.3 is 4.89 Å². The summed E-state index contributed by atoms with van der Waals surface area (Å²) in [5.41, 5.74) is 0. The first-order chi connectivity index (χ1) is 3.41. The van der Waals surface area contributed by atoms with E-state index in [1.165, 1.54) is 19.3 Å². The van der Waals surface area contributed by atoms with Crippen LogP contribution in [0.15, 0.2) is 0 Å². The molecule has 0 spiro atoms. The molecule has 0 radical (unpaired) electrons. The van der Waals surface area contributed by atoms with Gasteiger partial charge in [-0.3, -0.25) is 0 Å². The molecule has 1 nitrogen and oxygen atoms in total. The van der Waals surface area contributed by atoms with Gasteiger partial charge >= 0.3 is 0 Å². The highest BCUT2D eigenvalue weighted by molar-refractivity contribution is 7.31. The van der Waals surface area contributed by atoms with Gasteiger partial charge in [-0.25, -0.2) is 0 Å². The van der Waals surface area contributed by atoms with Crippen LogP contribution in [0.3, 0.4) is 0 Å². The molecule has 1 unspecified atom stereocenters. The van der Waals surface area contributed by atoms with Crippen LogP contribution in [-0.4, -0.2) is 11.1 Å². The molecular weight excluding hydrogens is 107 g/mol. The Morgan fingerprint density at radius 1 is 1.43 bits per heavy atom. The third kappa shape index (κ3) is 6.39. The molecular formula is C5H13OP. The summed E-state index contributed by atoms with van der Waals surface area (Å²) in [5.74, 6) is 0. The van der Waals surface area contributed by atoms with Crippen molar-refractivity contribution in [2.75, 3.05) is 6.16 Å². The minimum atomic E-state index is 0.168. The third-order valence-corrected chi connectivity index (χ3v) is 1.47. The molecule has 1 atom stereocenters. The van der Waals surface area contributed by atoms with Crippen molar-refractivity contribution < 1.29 is 4.89 Å². The van der Waals surface area contributed by atoms with Crippen molar-refractivity contribution in [3.05, 3.63) is 0 Å². The molecule has 0 aliphatic rings. The zero-order valence-corrected chi connectivity index (χ0v) is 5.78. The number of hydrogen-bond acceptors (Lipinski definition) is 1. The van der Waals surface area contributed by atoms with Crippen LogP contribution in [0.1, 0.15) is 26.2 Å². The van der Waals surface area contributed by atoms with Crippen LogP contribution in [0, 0.1) is 0 Å². The molecule has 0 aromatic rings. The van der Waals surface area contributed by atoms with E-state index in [9.17, 15) is 0 Å². The van der Waals surface area contributed by atoms with Gasteiger partial charge in [-0.05, 0) is 12.6 Å². The predicted octanol–water partition coefficient (Wildman–Crippen LogP) is 1.76. The molecule has 1 N–H and O–H groups in total. The Morgan fingerprint density at radius 2 is 2.14 bits per heavy atom. The molecule has 7 heavy (non-hydrogen) atoms. The van der Waals surface area contributed by atoms with Gasteiger partial charge in [-0.15, -0.1) is 0 Å². The van der Waals surface area contributed by atoms with Crippen LogP contribution in [0.4, 0.5) is 0 Å². The fourth-order valence-corrected chi connectivity index (χ4v) is 0.862. The van der Waals surface area contributed by atoms with Crippen molar-refractivity contribution in [2.24, 2.45) is 0 Å². The van der Waals surface area contributed by atoms with E-state index in [4.69, 9.17) is 4.89 Å². The van der Waals surface area contributed by atoms with Crippen LogP contribution in [-0.2, 0) is 0 Å². The van der Waals surface area contributed by atoms with Gasteiger partial charge in [0, 0.05) is 8.81 Å². The molecule has 0 aromatic carbocycles. The quantitative estimate of drug-likeness (QED) is 0.442. The molecule has 0 saturated heterocycles. The van der Waals surface area contributed by atoms with E-state index in [2.05, 4.69) is 6.92 Å². The highest BCUT2D eigenvalue weighted by Gasteiger charge is 1.81.